The third-order valence-corrected chi connectivity index (χ3v) is 4.31. The molecule has 0 amide bonds. The van der Waals surface area contributed by atoms with Crippen LogP contribution in [0.1, 0.15) is 12.5 Å². The summed E-state index contributed by atoms with van der Waals surface area (Å²) < 4.78 is 1.01. The molecule has 0 atom stereocenters. The lowest BCUT2D eigenvalue weighted by molar-refractivity contribution is 0.948. The maximum absolute atomic E-state index is 4.66. The van der Waals surface area contributed by atoms with Crippen molar-refractivity contribution in [3.8, 4) is 0 Å². The van der Waals surface area contributed by atoms with Crippen LogP contribution in [0.5, 0.6) is 0 Å². The first kappa shape index (κ1) is 16.5. The topological polar surface area (TPSA) is 41.1 Å². The number of nitrogens with zero attached hydrogens (tertiary/aromatic N) is 3. The summed E-state index contributed by atoms with van der Waals surface area (Å²) in [5, 5.41) is 3.35. The van der Waals surface area contributed by atoms with Crippen LogP contribution in [0.4, 0.5) is 23.1 Å². The van der Waals surface area contributed by atoms with E-state index < -0.39 is 0 Å². The Balaban J connectivity index is 1.88. The van der Waals surface area contributed by atoms with Crippen molar-refractivity contribution in [2.45, 2.75) is 13.8 Å². The van der Waals surface area contributed by atoms with Gasteiger partial charge in [-0.25, -0.2) is 4.98 Å². The molecular weight excluding hydrogens is 364 g/mol. The van der Waals surface area contributed by atoms with Crippen molar-refractivity contribution in [3.05, 3.63) is 70.8 Å². The average Bonchev–Trinajstić information content (AvgIpc) is 2.60. The van der Waals surface area contributed by atoms with Gasteiger partial charge in [-0.15, -0.1) is 0 Å². The zero-order chi connectivity index (χ0) is 16.9. The predicted octanol–water partition coefficient (Wildman–Crippen LogP) is 5.45. The first-order valence-corrected chi connectivity index (χ1v) is 8.65. The lowest BCUT2D eigenvalue weighted by Gasteiger charge is -2.21. The third kappa shape index (κ3) is 3.74. The van der Waals surface area contributed by atoms with E-state index in [1.165, 1.54) is 5.56 Å². The van der Waals surface area contributed by atoms with Gasteiger partial charge in [0.2, 0.25) is 5.95 Å². The summed E-state index contributed by atoms with van der Waals surface area (Å²) in [5.41, 5.74) is 3.26. The molecule has 122 valence electrons. The van der Waals surface area contributed by atoms with E-state index in [2.05, 4.69) is 74.2 Å². The number of nitrogens with one attached hydrogen (secondary N) is 1. The van der Waals surface area contributed by atoms with Crippen molar-refractivity contribution in [2.24, 2.45) is 0 Å². The fourth-order valence-corrected chi connectivity index (χ4v) is 3.05. The van der Waals surface area contributed by atoms with Gasteiger partial charge < -0.3 is 10.2 Å². The summed E-state index contributed by atoms with van der Waals surface area (Å²) in [5.74, 6) is 1.44. The molecule has 1 aromatic heterocycles. The van der Waals surface area contributed by atoms with Crippen LogP contribution in [0.2, 0.25) is 0 Å². The quantitative estimate of drug-likeness (QED) is 0.636. The molecule has 0 saturated carbocycles. The smallest absolute Gasteiger partial charge is 0.231 e. The molecule has 0 bridgehead atoms. The van der Waals surface area contributed by atoms with Gasteiger partial charge in [-0.05, 0) is 65.7 Å². The number of anilines is 4. The second-order valence-corrected chi connectivity index (χ2v) is 6.28. The molecule has 1 heterocycles. The summed E-state index contributed by atoms with van der Waals surface area (Å²) in [6.45, 7) is 4.95. The minimum atomic E-state index is 0.678. The number of aromatic nitrogens is 2. The summed E-state index contributed by atoms with van der Waals surface area (Å²) in [4.78, 5) is 11.2. The Morgan fingerprint density at radius 2 is 1.88 bits per heavy atom. The van der Waals surface area contributed by atoms with Crippen LogP contribution in [0.3, 0.4) is 0 Å². The third-order valence-electron chi connectivity index (χ3n) is 3.66. The molecule has 0 saturated heterocycles. The molecule has 0 aliphatic carbocycles. The Labute approximate surface area is 150 Å². The highest BCUT2D eigenvalue weighted by Crippen LogP contribution is 2.27. The summed E-state index contributed by atoms with van der Waals surface area (Å²) in [6, 6.07) is 18.2. The highest BCUT2D eigenvalue weighted by Gasteiger charge is 2.11. The summed E-state index contributed by atoms with van der Waals surface area (Å²) in [6.07, 6.45) is 1.78. The molecule has 0 aliphatic heterocycles. The maximum atomic E-state index is 4.66. The number of hydrogen-bond acceptors (Lipinski definition) is 4. The molecule has 0 spiro atoms. The van der Waals surface area contributed by atoms with E-state index in [0.29, 0.717) is 5.95 Å². The number of aryl methyl sites for hydroxylation is 1. The molecule has 4 nitrogen and oxygen atoms in total. The minimum absolute atomic E-state index is 0.678. The van der Waals surface area contributed by atoms with Gasteiger partial charge in [0.1, 0.15) is 5.82 Å². The summed E-state index contributed by atoms with van der Waals surface area (Å²) >= 11 is 3.59. The SMILES string of the molecule is CCN(c1ccccc1)c1nccc(Nc2ccc(C)cc2Br)n1. The molecule has 3 aromatic rings. The molecule has 1 N–H and O–H groups in total. The highest BCUT2D eigenvalue weighted by molar-refractivity contribution is 9.10. The molecular formula is C19H19BrN4. The van der Waals surface area contributed by atoms with Crippen LogP contribution >= 0.6 is 15.9 Å². The van der Waals surface area contributed by atoms with Gasteiger partial charge in [0.25, 0.3) is 0 Å². The molecule has 24 heavy (non-hydrogen) atoms. The van der Waals surface area contributed by atoms with E-state index in [4.69, 9.17) is 0 Å². The monoisotopic (exact) mass is 382 g/mol. The minimum Gasteiger partial charge on any atom is -0.339 e. The van der Waals surface area contributed by atoms with Gasteiger partial charge in [0.05, 0.1) is 5.69 Å². The Morgan fingerprint density at radius 1 is 1.08 bits per heavy atom. The summed E-state index contributed by atoms with van der Waals surface area (Å²) in [7, 11) is 0. The van der Waals surface area contributed by atoms with Crippen LogP contribution < -0.4 is 10.2 Å². The van der Waals surface area contributed by atoms with Gasteiger partial charge in [-0.1, -0.05) is 24.3 Å². The maximum Gasteiger partial charge on any atom is 0.231 e. The normalized spacial score (nSPS) is 10.5. The molecule has 0 aliphatic rings. The van der Waals surface area contributed by atoms with E-state index in [9.17, 15) is 0 Å². The Bertz CT molecular complexity index is 821. The first-order valence-electron chi connectivity index (χ1n) is 7.86. The first-order chi connectivity index (χ1) is 11.7. The van der Waals surface area contributed by atoms with E-state index in [1.807, 2.05) is 30.3 Å². The largest absolute Gasteiger partial charge is 0.339 e. The number of hydrogen-bond donors (Lipinski definition) is 1. The molecule has 0 fully saturated rings. The van der Waals surface area contributed by atoms with Crippen LogP contribution in [0, 0.1) is 6.92 Å². The molecule has 3 rings (SSSR count). The number of rotatable bonds is 5. The van der Waals surface area contributed by atoms with Crippen molar-refractivity contribution in [1.29, 1.82) is 0 Å². The van der Waals surface area contributed by atoms with Crippen molar-refractivity contribution >= 4 is 39.1 Å². The van der Waals surface area contributed by atoms with Crippen LogP contribution in [-0.2, 0) is 0 Å². The number of halogens is 1. The van der Waals surface area contributed by atoms with E-state index in [0.717, 1.165) is 28.2 Å². The zero-order valence-corrected chi connectivity index (χ0v) is 15.3. The molecule has 0 unspecified atom stereocenters. The van der Waals surface area contributed by atoms with E-state index in [1.54, 1.807) is 6.20 Å². The van der Waals surface area contributed by atoms with Gasteiger partial charge in [0.15, 0.2) is 0 Å². The van der Waals surface area contributed by atoms with Gasteiger partial charge in [0, 0.05) is 22.9 Å². The number of benzene rings is 2. The lowest BCUT2D eigenvalue weighted by Crippen LogP contribution is -2.19. The van der Waals surface area contributed by atoms with Crippen molar-refractivity contribution in [1.82, 2.24) is 9.97 Å². The van der Waals surface area contributed by atoms with Gasteiger partial charge in [-0.3, -0.25) is 0 Å². The Hall–Kier alpha value is -2.40. The fourth-order valence-electron chi connectivity index (χ4n) is 2.45. The number of para-hydroxylation sites is 1. The molecule has 5 heteroatoms. The predicted molar refractivity (Wildman–Crippen MR) is 103 cm³/mol. The standard InChI is InChI=1S/C19H19BrN4/c1-3-24(15-7-5-4-6-8-15)19-21-12-11-18(23-19)22-17-10-9-14(2)13-16(17)20/h4-13H,3H2,1-2H3,(H,21,22,23). The van der Waals surface area contributed by atoms with E-state index in [-0.39, 0.29) is 0 Å². The van der Waals surface area contributed by atoms with Crippen molar-refractivity contribution in [2.75, 3.05) is 16.8 Å². The Morgan fingerprint density at radius 3 is 2.58 bits per heavy atom. The second kappa shape index (κ2) is 7.45. The average molecular weight is 383 g/mol. The Kier molecular flexibility index (Phi) is 5.11. The van der Waals surface area contributed by atoms with Crippen molar-refractivity contribution in [3.63, 3.8) is 0 Å². The van der Waals surface area contributed by atoms with E-state index >= 15 is 0 Å². The van der Waals surface area contributed by atoms with Crippen LogP contribution in [0.25, 0.3) is 0 Å². The van der Waals surface area contributed by atoms with Gasteiger partial charge >= 0.3 is 0 Å². The fraction of sp³-hybridized carbons (Fsp3) is 0.158. The highest BCUT2D eigenvalue weighted by atomic mass is 79.9. The molecule has 0 radical (unpaired) electrons. The van der Waals surface area contributed by atoms with Crippen LogP contribution in [0.15, 0.2) is 65.3 Å². The van der Waals surface area contributed by atoms with Gasteiger partial charge in [-0.2, -0.15) is 4.98 Å². The molecule has 2 aromatic carbocycles. The van der Waals surface area contributed by atoms with Crippen LogP contribution in [-0.4, -0.2) is 16.5 Å². The van der Waals surface area contributed by atoms with Crippen molar-refractivity contribution < 1.29 is 0 Å². The lowest BCUT2D eigenvalue weighted by atomic mass is 10.2. The second-order valence-electron chi connectivity index (χ2n) is 5.43. The zero-order valence-electron chi connectivity index (χ0n) is 13.7.